The molecule has 0 fully saturated rings. The molecule has 1 rings (SSSR count). The molecule has 0 aromatic heterocycles. The van der Waals surface area contributed by atoms with Crippen LogP contribution >= 0.6 is 0 Å². The Balaban J connectivity index is 2.68. The van der Waals surface area contributed by atoms with Crippen LogP contribution in [-0.2, 0) is 0 Å². The van der Waals surface area contributed by atoms with E-state index in [2.05, 4.69) is 27.0 Å². The van der Waals surface area contributed by atoms with Crippen LogP contribution in [0.1, 0.15) is 46.0 Å². The lowest BCUT2D eigenvalue weighted by molar-refractivity contribution is 0.189. The normalized spacial score (nSPS) is 23.1. The Labute approximate surface area is 99.6 Å². The number of rotatable bonds is 5. The topological polar surface area (TPSA) is 20.2 Å². The lowest BCUT2D eigenvalue weighted by Gasteiger charge is -2.29. The van der Waals surface area contributed by atoms with Gasteiger partial charge in [-0.25, -0.2) is 0 Å². The van der Waals surface area contributed by atoms with Gasteiger partial charge in [0, 0.05) is 0 Å². The van der Waals surface area contributed by atoms with Crippen LogP contribution in [0.15, 0.2) is 36.0 Å². The lowest BCUT2D eigenvalue weighted by atomic mass is 9.78. The van der Waals surface area contributed by atoms with E-state index in [-0.39, 0.29) is 6.10 Å². The summed E-state index contributed by atoms with van der Waals surface area (Å²) in [5.41, 5.74) is 3.89. The maximum absolute atomic E-state index is 10.1. The van der Waals surface area contributed by atoms with Crippen LogP contribution in [0, 0.1) is 5.92 Å². The van der Waals surface area contributed by atoms with Crippen molar-refractivity contribution in [3.05, 3.63) is 36.0 Å². The van der Waals surface area contributed by atoms with Gasteiger partial charge in [0.1, 0.15) is 0 Å². The van der Waals surface area contributed by atoms with Crippen molar-refractivity contribution in [3.8, 4) is 0 Å². The van der Waals surface area contributed by atoms with Gasteiger partial charge in [0.05, 0.1) is 6.10 Å². The summed E-state index contributed by atoms with van der Waals surface area (Å²) < 4.78 is 0. The zero-order valence-corrected chi connectivity index (χ0v) is 10.6. The Morgan fingerprint density at radius 1 is 1.62 bits per heavy atom. The van der Waals surface area contributed by atoms with Gasteiger partial charge < -0.3 is 5.11 Å². The Hall–Kier alpha value is -0.820. The van der Waals surface area contributed by atoms with E-state index in [9.17, 15) is 5.11 Å². The highest BCUT2D eigenvalue weighted by Gasteiger charge is 2.23. The van der Waals surface area contributed by atoms with Crippen molar-refractivity contribution in [2.24, 2.45) is 5.92 Å². The molecule has 0 amide bonds. The Bertz CT molecular complexity index is 299. The molecule has 0 bridgehead atoms. The Morgan fingerprint density at radius 3 is 2.88 bits per heavy atom. The van der Waals surface area contributed by atoms with Crippen LogP contribution in [0.4, 0.5) is 0 Å². The zero-order valence-electron chi connectivity index (χ0n) is 10.6. The van der Waals surface area contributed by atoms with E-state index in [1.165, 1.54) is 23.1 Å². The Morgan fingerprint density at radius 2 is 2.31 bits per heavy atom. The molecule has 0 spiro atoms. The molecule has 1 N–H and O–H groups in total. The molecular weight excluding hydrogens is 196 g/mol. The average molecular weight is 220 g/mol. The summed E-state index contributed by atoms with van der Waals surface area (Å²) in [7, 11) is 0. The SMILES string of the molecule is C=CCCC(O)C1=C(C)CCC(C(=C)C)C1. The standard InChI is InChI=1S/C15H24O/c1-5-6-7-15(16)14-10-13(11(2)3)9-8-12(14)4/h5,13,15-16H,1-2,6-10H2,3-4H3. The third-order valence-corrected chi connectivity index (χ3v) is 3.63. The van der Waals surface area contributed by atoms with Gasteiger partial charge in [-0.15, -0.1) is 6.58 Å². The third-order valence-electron chi connectivity index (χ3n) is 3.63. The van der Waals surface area contributed by atoms with Gasteiger partial charge in [0.2, 0.25) is 0 Å². The highest BCUT2D eigenvalue weighted by molar-refractivity contribution is 5.23. The van der Waals surface area contributed by atoms with E-state index < -0.39 is 0 Å². The highest BCUT2D eigenvalue weighted by atomic mass is 16.3. The number of hydrogen-bond acceptors (Lipinski definition) is 1. The summed E-state index contributed by atoms with van der Waals surface area (Å²) in [6.07, 6.45) is 6.59. The molecule has 0 saturated heterocycles. The maximum Gasteiger partial charge on any atom is 0.0755 e. The third kappa shape index (κ3) is 3.34. The van der Waals surface area contributed by atoms with Gasteiger partial charge in [-0.05, 0) is 57.4 Å². The molecule has 2 unspecified atom stereocenters. The molecule has 0 aromatic carbocycles. The fourth-order valence-electron chi connectivity index (χ4n) is 2.38. The van der Waals surface area contributed by atoms with Gasteiger partial charge in [-0.3, -0.25) is 0 Å². The summed E-state index contributed by atoms with van der Waals surface area (Å²) in [6.45, 7) is 12.0. The summed E-state index contributed by atoms with van der Waals surface area (Å²) in [4.78, 5) is 0. The van der Waals surface area contributed by atoms with E-state index in [0.717, 1.165) is 25.7 Å². The molecule has 16 heavy (non-hydrogen) atoms. The maximum atomic E-state index is 10.1. The van der Waals surface area contributed by atoms with Crippen molar-refractivity contribution in [2.75, 3.05) is 0 Å². The molecule has 1 aliphatic carbocycles. The molecule has 1 nitrogen and oxygen atoms in total. The van der Waals surface area contributed by atoms with E-state index >= 15 is 0 Å². The molecule has 0 aromatic rings. The number of allylic oxidation sites excluding steroid dienone is 3. The predicted octanol–water partition coefficient (Wildman–Crippen LogP) is 4.01. The van der Waals surface area contributed by atoms with E-state index in [4.69, 9.17) is 0 Å². The van der Waals surface area contributed by atoms with E-state index in [1.807, 2.05) is 6.08 Å². The molecule has 0 heterocycles. The minimum Gasteiger partial charge on any atom is -0.389 e. The van der Waals surface area contributed by atoms with Crippen molar-refractivity contribution >= 4 is 0 Å². The van der Waals surface area contributed by atoms with Gasteiger partial charge in [-0.1, -0.05) is 23.8 Å². The molecular formula is C15H24O. The van der Waals surface area contributed by atoms with Crippen LogP contribution in [0.3, 0.4) is 0 Å². The zero-order chi connectivity index (χ0) is 12.1. The van der Waals surface area contributed by atoms with Crippen molar-refractivity contribution in [1.29, 1.82) is 0 Å². The van der Waals surface area contributed by atoms with Gasteiger partial charge in [-0.2, -0.15) is 0 Å². The second-order valence-electron chi connectivity index (χ2n) is 4.97. The Kier molecular flexibility index (Phi) is 5.01. The van der Waals surface area contributed by atoms with Crippen LogP contribution in [0.5, 0.6) is 0 Å². The number of aliphatic hydroxyl groups is 1. The van der Waals surface area contributed by atoms with Gasteiger partial charge >= 0.3 is 0 Å². The first kappa shape index (κ1) is 13.2. The van der Waals surface area contributed by atoms with Crippen molar-refractivity contribution in [1.82, 2.24) is 0 Å². The van der Waals surface area contributed by atoms with Crippen molar-refractivity contribution in [2.45, 2.75) is 52.1 Å². The minimum absolute atomic E-state index is 0.278. The largest absolute Gasteiger partial charge is 0.389 e. The molecule has 1 heteroatoms. The fraction of sp³-hybridized carbons (Fsp3) is 0.600. The van der Waals surface area contributed by atoms with Crippen LogP contribution in [-0.4, -0.2) is 11.2 Å². The molecule has 90 valence electrons. The molecule has 0 aliphatic heterocycles. The second-order valence-corrected chi connectivity index (χ2v) is 4.97. The summed E-state index contributed by atoms with van der Waals surface area (Å²) >= 11 is 0. The minimum atomic E-state index is -0.278. The molecule has 0 saturated carbocycles. The summed E-state index contributed by atoms with van der Waals surface area (Å²) in [5.74, 6) is 0.567. The van der Waals surface area contributed by atoms with E-state index in [0.29, 0.717) is 5.92 Å². The predicted molar refractivity (Wildman–Crippen MR) is 70.3 cm³/mol. The van der Waals surface area contributed by atoms with Crippen molar-refractivity contribution < 1.29 is 5.11 Å². The van der Waals surface area contributed by atoms with Crippen LogP contribution in [0.25, 0.3) is 0 Å². The lowest BCUT2D eigenvalue weighted by Crippen LogP contribution is -2.19. The smallest absolute Gasteiger partial charge is 0.0755 e. The second kappa shape index (κ2) is 6.05. The van der Waals surface area contributed by atoms with Crippen molar-refractivity contribution in [3.63, 3.8) is 0 Å². The average Bonchev–Trinajstić information content (AvgIpc) is 2.26. The number of aliphatic hydroxyl groups excluding tert-OH is 1. The molecule has 0 radical (unpaired) electrons. The van der Waals surface area contributed by atoms with Crippen LogP contribution < -0.4 is 0 Å². The van der Waals surface area contributed by atoms with E-state index in [1.54, 1.807) is 0 Å². The highest BCUT2D eigenvalue weighted by Crippen LogP contribution is 2.35. The summed E-state index contributed by atoms with van der Waals surface area (Å²) in [5, 5.41) is 10.1. The quantitative estimate of drug-likeness (QED) is 0.694. The first-order valence-electron chi connectivity index (χ1n) is 6.19. The van der Waals surface area contributed by atoms with Crippen LogP contribution in [0.2, 0.25) is 0 Å². The molecule has 1 aliphatic rings. The first-order chi connectivity index (χ1) is 7.56. The fourth-order valence-corrected chi connectivity index (χ4v) is 2.38. The summed E-state index contributed by atoms with van der Waals surface area (Å²) in [6, 6.07) is 0. The van der Waals surface area contributed by atoms with Gasteiger partial charge in [0.25, 0.3) is 0 Å². The van der Waals surface area contributed by atoms with Gasteiger partial charge in [0.15, 0.2) is 0 Å². The monoisotopic (exact) mass is 220 g/mol. The number of hydrogen-bond donors (Lipinski definition) is 1. The first-order valence-corrected chi connectivity index (χ1v) is 6.19. The molecule has 2 atom stereocenters.